The van der Waals surface area contributed by atoms with E-state index >= 15 is 0 Å². The van der Waals surface area contributed by atoms with Crippen molar-refractivity contribution in [3.8, 4) is 0 Å². The van der Waals surface area contributed by atoms with Crippen LogP contribution in [0.25, 0.3) is 0 Å². The smallest absolute Gasteiger partial charge is 0.252 e. The zero-order chi connectivity index (χ0) is 17.1. The molecule has 3 rings (SSSR count). The molecule has 0 atom stereocenters. The topological polar surface area (TPSA) is 89.2 Å². The summed E-state index contributed by atoms with van der Waals surface area (Å²) < 4.78 is 0. The quantitative estimate of drug-likeness (QED) is 0.920. The van der Waals surface area contributed by atoms with E-state index in [2.05, 4.69) is 9.97 Å². The van der Waals surface area contributed by atoms with Crippen LogP contribution >= 0.6 is 0 Å². The molecule has 0 aromatic carbocycles. The Labute approximate surface area is 142 Å². The van der Waals surface area contributed by atoms with Crippen LogP contribution in [-0.4, -0.2) is 39.8 Å². The number of aromatic nitrogens is 2. The van der Waals surface area contributed by atoms with Crippen LogP contribution in [0.3, 0.4) is 0 Å². The molecule has 130 valence electrons. The summed E-state index contributed by atoms with van der Waals surface area (Å²) in [7, 11) is 0. The second kappa shape index (κ2) is 7.28. The molecule has 2 N–H and O–H groups in total. The van der Waals surface area contributed by atoms with Gasteiger partial charge >= 0.3 is 0 Å². The molecule has 24 heavy (non-hydrogen) atoms. The van der Waals surface area contributed by atoms with Crippen molar-refractivity contribution in [2.45, 2.75) is 57.8 Å². The summed E-state index contributed by atoms with van der Waals surface area (Å²) in [6.45, 7) is 3.34. The number of likely N-dealkylation sites (tertiary alicyclic amines) is 1. The average Bonchev–Trinajstić information content (AvgIpc) is 2.61. The van der Waals surface area contributed by atoms with Gasteiger partial charge in [-0.05, 0) is 32.6 Å². The third-order valence-corrected chi connectivity index (χ3v) is 5.39. The number of rotatable bonds is 3. The Bertz CT molecular complexity index is 617. The van der Waals surface area contributed by atoms with Crippen LogP contribution in [0.1, 0.15) is 72.7 Å². The van der Waals surface area contributed by atoms with Crippen molar-refractivity contribution in [2.75, 3.05) is 13.1 Å². The Kier molecular flexibility index (Phi) is 5.11. The Hall–Kier alpha value is -1.98. The SMILES string of the molecule is Cc1nc(C2CCN(C(=O)C3CCCCC3)CC2)ncc1C(N)=O. The molecule has 0 bridgehead atoms. The van der Waals surface area contributed by atoms with E-state index < -0.39 is 5.91 Å². The van der Waals surface area contributed by atoms with Crippen molar-refractivity contribution >= 4 is 11.8 Å². The van der Waals surface area contributed by atoms with E-state index in [1.807, 2.05) is 4.90 Å². The van der Waals surface area contributed by atoms with Crippen LogP contribution in [0.5, 0.6) is 0 Å². The minimum absolute atomic E-state index is 0.239. The van der Waals surface area contributed by atoms with Crippen molar-refractivity contribution in [2.24, 2.45) is 11.7 Å². The second-order valence-electron chi connectivity index (χ2n) is 7.03. The lowest BCUT2D eigenvalue weighted by Gasteiger charge is -2.34. The van der Waals surface area contributed by atoms with E-state index in [1.54, 1.807) is 6.92 Å². The third-order valence-electron chi connectivity index (χ3n) is 5.39. The molecule has 1 aromatic heterocycles. The number of primary amides is 1. The standard InChI is InChI=1S/C18H26N4O2/c1-12-15(16(19)23)11-20-17(21-12)13-7-9-22(10-8-13)18(24)14-5-3-2-4-6-14/h11,13-14H,2-10H2,1H3,(H2,19,23). The molecule has 2 amide bonds. The zero-order valence-electron chi connectivity index (χ0n) is 14.3. The monoisotopic (exact) mass is 330 g/mol. The number of hydrogen-bond donors (Lipinski definition) is 1. The Balaban J connectivity index is 1.59. The van der Waals surface area contributed by atoms with Crippen molar-refractivity contribution in [3.63, 3.8) is 0 Å². The first kappa shape index (κ1) is 16.9. The fraction of sp³-hybridized carbons (Fsp3) is 0.667. The summed E-state index contributed by atoms with van der Waals surface area (Å²) in [5.41, 5.74) is 6.31. The molecule has 6 heteroatoms. The molecule has 0 radical (unpaired) electrons. The molecule has 1 aliphatic heterocycles. The summed E-state index contributed by atoms with van der Waals surface area (Å²) in [6.07, 6.45) is 9.04. The number of hydrogen-bond acceptors (Lipinski definition) is 4. The number of aryl methyl sites for hydroxylation is 1. The highest BCUT2D eigenvalue weighted by Crippen LogP contribution is 2.30. The van der Waals surface area contributed by atoms with E-state index in [1.165, 1.54) is 25.5 Å². The van der Waals surface area contributed by atoms with Gasteiger partial charge in [-0.3, -0.25) is 9.59 Å². The Morgan fingerprint density at radius 3 is 2.38 bits per heavy atom. The molecule has 1 saturated carbocycles. The summed E-state index contributed by atoms with van der Waals surface area (Å²) in [4.78, 5) is 34.7. The van der Waals surface area contributed by atoms with Gasteiger partial charge in [-0.1, -0.05) is 19.3 Å². The van der Waals surface area contributed by atoms with Crippen LogP contribution in [0.15, 0.2) is 6.20 Å². The molecule has 2 heterocycles. The maximum Gasteiger partial charge on any atom is 0.252 e. The molecule has 0 unspecified atom stereocenters. The summed E-state index contributed by atoms with van der Waals surface area (Å²) in [5, 5.41) is 0. The minimum atomic E-state index is -0.494. The lowest BCUT2D eigenvalue weighted by molar-refractivity contribution is -0.137. The lowest BCUT2D eigenvalue weighted by Crippen LogP contribution is -2.42. The van der Waals surface area contributed by atoms with Gasteiger partial charge in [-0.25, -0.2) is 9.97 Å². The molecular formula is C18H26N4O2. The maximum absolute atomic E-state index is 12.6. The van der Waals surface area contributed by atoms with Crippen molar-refractivity contribution in [3.05, 3.63) is 23.3 Å². The van der Waals surface area contributed by atoms with Gasteiger partial charge in [-0.2, -0.15) is 0 Å². The van der Waals surface area contributed by atoms with Crippen molar-refractivity contribution in [1.82, 2.24) is 14.9 Å². The van der Waals surface area contributed by atoms with E-state index in [0.29, 0.717) is 17.2 Å². The largest absolute Gasteiger partial charge is 0.365 e. The summed E-state index contributed by atoms with van der Waals surface area (Å²) in [6, 6.07) is 0. The van der Waals surface area contributed by atoms with Crippen LogP contribution in [0.4, 0.5) is 0 Å². The van der Waals surface area contributed by atoms with Crippen molar-refractivity contribution in [1.29, 1.82) is 0 Å². The van der Waals surface area contributed by atoms with Gasteiger partial charge in [0.05, 0.1) is 11.3 Å². The van der Waals surface area contributed by atoms with Gasteiger partial charge in [0.15, 0.2) is 0 Å². The number of nitrogens with two attached hydrogens (primary N) is 1. The van der Waals surface area contributed by atoms with Gasteiger partial charge in [-0.15, -0.1) is 0 Å². The first-order chi connectivity index (χ1) is 11.6. The van der Waals surface area contributed by atoms with Crippen LogP contribution in [0, 0.1) is 12.8 Å². The number of carbonyl (C=O) groups is 2. The normalized spacial score (nSPS) is 20.1. The molecule has 1 saturated heterocycles. The number of piperidine rings is 1. The Morgan fingerprint density at radius 2 is 1.79 bits per heavy atom. The molecule has 2 aliphatic rings. The molecule has 0 spiro atoms. The van der Waals surface area contributed by atoms with Gasteiger partial charge in [0.1, 0.15) is 5.82 Å². The van der Waals surface area contributed by atoms with Crippen LogP contribution in [-0.2, 0) is 4.79 Å². The first-order valence-corrected chi connectivity index (χ1v) is 8.98. The third kappa shape index (κ3) is 3.57. The fourth-order valence-electron chi connectivity index (χ4n) is 3.89. The highest BCUT2D eigenvalue weighted by molar-refractivity contribution is 5.93. The van der Waals surface area contributed by atoms with Crippen molar-refractivity contribution < 1.29 is 9.59 Å². The van der Waals surface area contributed by atoms with Gasteiger partial charge < -0.3 is 10.6 Å². The van der Waals surface area contributed by atoms with Gasteiger partial charge in [0, 0.05) is 31.1 Å². The molecule has 1 aromatic rings. The van der Waals surface area contributed by atoms with Gasteiger partial charge in [0.25, 0.3) is 5.91 Å². The first-order valence-electron chi connectivity index (χ1n) is 8.98. The molecular weight excluding hydrogens is 304 g/mol. The number of amides is 2. The van der Waals surface area contributed by atoms with E-state index in [0.717, 1.165) is 44.6 Å². The van der Waals surface area contributed by atoms with E-state index in [9.17, 15) is 9.59 Å². The molecule has 2 fully saturated rings. The molecule has 6 nitrogen and oxygen atoms in total. The summed E-state index contributed by atoms with van der Waals surface area (Å²) >= 11 is 0. The van der Waals surface area contributed by atoms with E-state index in [-0.39, 0.29) is 11.8 Å². The minimum Gasteiger partial charge on any atom is -0.365 e. The number of nitrogens with zero attached hydrogens (tertiary/aromatic N) is 3. The highest BCUT2D eigenvalue weighted by Gasteiger charge is 2.30. The Morgan fingerprint density at radius 1 is 1.12 bits per heavy atom. The maximum atomic E-state index is 12.6. The molecule has 1 aliphatic carbocycles. The zero-order valence-corrected chi connectivity index (χ0v) is 14.3. The van der Waals surface area contributed by atoms with Gasteiger partial charge in [0.2, 0.25) is 5.91 Å². The van der Waals surface area contributed by atoms with Crippen LogP contribution in [0.2, 0.25) is 0 Å². The predicted octanol–water partition coefficient (Wildman–Crippen LogP) is 2.17. The summed E-state index contributed by atoms with van der Waals surface area (Å²) in [5.74, 6) is 1.10. The predicted molar refractivity (Wildman–Crippen MR) is 90.4 cm³/mol. The number of carbonyl (C=O) groups excluding carboxylic acids is 2. The second-order valence-corrected chi connectivity index (χ2v) is 7.03. The van der Waals surface area contributed by atoms with Crippen LogP contribution < -0.4 is 5.73 Å². The fourth-order valence-corrected chi connectivity index (χ4v) is 3.89. The lowest BCUT2D eigenvalue weighted by atomic mass is 9.87. The van der Waals surface area contributed by atoms with E-state index in [4.69, 9.17) is 5.73 Å². The average molecular weight is 330 g/mol. The highest BCUT2D eigenvalue weighted by atomic mass is 16.2.